The lowest BCUT2D eigenvalue weighted by Gasteiger charge is -2.12. The number of hydrogen-bond acceptors (Lipinski definition) is 4. The van der Waals surface area contributed by atoms with Crippen molar-refractivity contribution in [3.05, 3.63) is 46.6 Å². The fraction of sp³-hybridized carbons (Fsp3) is 0.267. The summed E-state index contributed by atoms with van der Waals surface area (Å²) in [6.07, 6.45) is 2.34. The minimum atomic E-state index is -2.88. The van der Waals surface area contributed by atoms with Gasteiger partial charge in [0.2, 0.25) is 0 Å². The molecular weight excluding hydrogens is 358 g/mol. The molecule has 4 nitrogen and oxygen atoms in total. The quantitative estimate of drug-likeness (QED) is 0.794. The number of aromatic nitrogens is 1. The fourth-order valence-electron chi connectivity index (χ4n) is 1.88. The Balaban J connectivity index is 1.96. The molecule has 0 unspecified atom stereocenters. The molecule has 0 saturated heterocycles. The zero-order chi connectivity index (χ0) is 15.9. The first-order valence-electron chi connectivity index (χ1n) is 6.55. The molecule has 0 fully saturated rings. The van der Waals surface area contributed by atoms with E-state index in [9.17, 15) is 8.78 Å². The Morgan fingerprint density at radius 1 is 1.23 bits per heavy atom. The van der Waals surface area contributed by atoms with Gasteiger partial charge in [-0.05, 0) is 52.2 Å². The number of rotatable bonds is 7. The summed E-state index contributed by atoms with van der Waals surface area (Å²) in [6, 6.07) is 8.72. The number of anilines is 1. The maximum atomic E-state index is 12.4. The molecule has 0 aliphatic carbocycles. The van der Waals surface area contributed by atoms with Crippen molar-refractivity contribution in [2.75, 3.05) is 19.0 Å². The van der Waals surface area contributed by atoms with Crippen molar-refractivity contribution in [3.63, 3.8) is 0 Å². The molecule has 7 heteroatoms. The number of benzene rings is 1. The average molecular weight is 373 g/mol. The molecule has 0 aliphatic rings. The van der Waals surface area contributed by atoms with E-state index < -0.39 is 6.61 Å². The SMILES string of the molecule is COc1ccc(CCNc2ccc(Br)cn2)cc1OC(F)F. The number of pyridine rings is 1. The Morgan fingerprint density at radius 2 is 2.05 bits per heavy atom. The summed E-state index contributed by atoms with van der Waals surface area (Å²) in [6.45, 7) is -2.26. The zero-order valence-corrected chi connectivity index (χ0v) is 13.4. The van der Waals surface area contributed by atoms with Crippen LogP contribution in [0.1, 0.15) is 5.56 Å². The molecule has 1 aromatic carbocycles. The van der Waals surface area contributed by atoms with Gasteiger partial charge in [-0.2, -0.15) is 8.78 Å². The second-order valence-corrected chi connectivity index (χ2v) is 5.32. The van der Waals surface area contributed by atoms with Crippen LogP contribution in [0.2, 0.25) is 0 Å². The average Bonchev–Trinajstić information content (AvgIpc) is 2.49. The summed E-state index contributed by atoms with van der Waals surface area (Å²) in [4.78, 5) is 4.19. The van der Waals surface area contributed by atoms with Crippen LogP contribution in [0.25, 0.3) is 0 Å². The number of alkyl halides is 2. The van der Waals surface area contributed by atoms with Crippen LogP contribution in [0.15, 0.2) is 41.0 Å². The normalized spacial score (nSPS) is 10.6. The van der Waals surface area contributed by atoms with Crippen LogP contribution in [-0.4, -0.2) is 25.3 Å². The van der Waals surface area contributed by atoms with Crippen LogP contribution in [0.5, 0.6) is 11.5 Å². The largest absolute Gasteiger partial charge is 0.493 e. The number of nitrogens with zero attached hydrogens (tertiary/aromatic N) is 1. The van der Waals surface area contributed by atoms with E-state index in [4.69, 9.17) is 4.74 Å². The molecule has 0 amide bonds. The van der Waals surface area contributed by atoms with Crippen LogP contribution in [0.3, 0.4) is 0 Å². The summed E-state index contributed by atoms with van der Waals surface area (Å²) in [7, 11) is 1.41. The molecule has 0 saturated carbocycles. The highest BCUT2D eigenvalue weighted by Gasteiger charge is 2.11. The maximum absolute atomic E-state index is 12.4. The first kappa shape index (κ1) is 16.5. The Bertz CT molecular complexity index is 609. The summed E-state index contributed by atoms with van der Waals surface area (Å²) in [5, 5.41) is 3.16. The second-order valence-electron chi connectivity index (χ2n) is 4.40. The molecule has 118 valence electrons. The molecule has 0 radical (unpaired) electrons. The highest BCUT2D eigenvalue weighted by Crippen LogP contribution is 2.29. The van der Waals surface area contributed by atoms with E-state index >= 15 is 0 Å². The van der Waals surface area contributed by atoms with E-state index in [1.807, 2.05) is 18.2 Å². The first-order valence-corrected chi connectivity index (χ1v) is 7.35. The summed E-state index contributed by atoms with van der Waals surface area (Å²) < 4.78 is 35.1. The third-order valence-electron chi connectivity index (χ3n) is 2.89. The lowest BCUT2D eigenvalue weighted by Crippen LogP contribution is -2.07. The van der Waals surface area contributed by atoms with Gasteiger partial charge in [-0.15, -0.1) is 0 Å². The Hall–Kier alpha value is -1.89. The number of hydrogen-bond donors (Lipinski definition) is 1. The van der Waals surface area contributed by atoms with Crippen molar-refractivity contribution < 1.29 is 18.3 Å². The Kier molecular flexibility index (Phi) is 5.94. The standard InChI is InChI=1S/C15H15BrF2N2O2/c1-21-12-4-2-10(8-13(12)22-15(17)18)6-7-19-14-5-3-11(16)9-20-14/h2-5,8-9,15H,6-7H2,1H3,(H,19,20). The molecule has 2 rings (SSSR count). The highest BCUT2D eigenvalue weighted by atomic mass is 79.9. The second kappa shape index (κ2) is 7.93. The van der Waals surface area contributed by atoms with Crippen molar-refractivity contribution in [2.45, 2.75) is 13.0 Å². The third kappa shape index (κ3) is 4.84. The van der Waals surface area contributed by atoms with E-state index in [1.165, 1.54) is 7.11 Å². The van der Waals surface area contributed by atoms with Gasteiger partial charge in [-0.25, -0.2) is 4.98 Å². The predicted molar refractivity (Wildman–Crippen MR) is 83.8 cm³/mol. The van der Waals surface area contributed by atoms with Crippen molar-refractivity contribution in [3.8, 4) is 11.5 Å². The lowest BCUT2D eigenvalue weighted by molar-refractivity contribution is -0.0512. The van der Waals surface area contributed by atoms with Gasteiger partial charge in [0.1, 0.15) is 5.82 Å². The smallest absolute Gasteiger partial charge is 0.387 e. The number of nitrogens with one attached hydrogen (secondary N) is 1. The molecule has 22 heavy (non-hydrogen) atoms. The molecule has 0 aliphatic heterocycles. The van der Waals surface area contributed by atoms with Crippen LogP contribution < -0.4 is 14.8 Å². The van der Waals surface area contributed by atoms with Crippen LogP contribution in [-0.2, 0) is 6.42 Å². The maximum Gasteiger partial charge on any atom is 0.387 e. The number of methoxy groups -OCH3 is 1. The van der Waals surface area contributed by atoms with Crippen molar-refractivity contribution in [2.24, 2.45) is 0 Å². The van der Waals surface area contributed by atoms with Crippen molar-refractivity contribution in [1.82, 2.24) is 4.98 Å². The van der Waals surface area contributed by atoms with E-state index in [2.05, 4.69) is 31.0 Å². The molecule has 0 spiro atoms. The Morgan fingerprint density at radius 3 is 2.68 bits per heavy atom. The lowest BCUT2D eigenvalue weighted by atomic mass is 10.1. The van der Waals surface area contributed by atoms with Gasteiger partial charge < -0.3 is 14.8 Å². The molecule has 1 N–H and O–H groups in total. The minimum absolute atomic E-state index is 0.0387. The molecule has 0 atom stereocenters. The summed E-state index contributed by atoms with van der Waals surface area (Å²) in [5.74, 6) is 1.07. The number of ether oxygens (including phenoxy) is 2. The zero-order valence-electron chi connectivity index (χ0n) is 11.9. The Labute approximate surface area is 135 Å². The van der Waals surface area contributed by atoms with Crippen LogP contribution >= 0.6 is 15.9 Å². The van der Waals surface area contributed by atoms with Gasteiger partial charge in [0.25, 0.3) is 0 Å². The molecular formula is C15H15BrF2N2O2. The van der Waals surface area contributed by atoms with Gasteiger partial charge in [0.15, 0.2) is 11.5 Å². The van der Waals surface area contributed by atoms with E-state index in [-0.39, 0.29) is 11.5 Å². The van der Waals surface area contributed by atoms with Gasteiger partial charge in [0, 0.05) is 17.2 Å². The fourth-order valence-corrected chi connectivity index (χ4v) is 2.11. The van der Waals surface area contributed by atoms with E-state index in [0.717, 1.165) is 15.9 Å². The van der Waals surface area contributed by atoms with Crippen LogP contribution in [0.4, 0.5) is 14.6 Å². The van der Waals surface area contributed by atoms with Crippen LogP contribution in [0, 0.1) is 0 Å². The van der Waals surface area contributed by atoms with Gasteiger partial charge in [-0.3, -0.25) is 0 Å². The summed E-state index contributed by atoms with van der Waals surface area (Å²) >= 11 is 3.31. The van der Waals surface area contributed by atoms with Crippen molar-refractivity contribution >= 4 is 21.7 Å². The van der Waals surface area contributed by atoms with Gasteiger partial charge in [0.05, 0.1) is 7.11 Å². The van der Waals surface area contributed by atoms with E-state index in [1.54, 1.807) is 18.3 Å². The minimum Gasteiger partial charge on any atom is -0.493 e. The monoisotopic (exact) mass is 372 g/mol. The molecule has 1 heterocycles. The van der Waals surface area contributed by atoms with Crippen molar-refractivity contribution in [1.29, 1.82) is 0 Å². The predicted octanol–water partition coefficient (Wildman–Crippen LogP) is 4.11. The highest BCUT2D eigenvalue weighted by molar-refractivity contribution is 9.10. The van der Waals surface area contributed by atoms with Gasteiger partial charge >= 0.3 is 6.61 Å². The molecule has 0 bridgehead atoms. The molecule has 1 aromatic heterocycles. The topological polar surface area (TPSA) is 43.4 Å². The molecule has 2 aromatic rings. The third-order valence-corrected chi connectivity index (χ3v) is 3.36. The van der Waals surface area contributed by atoms with Gasteiger partial charge in [-0.1, -0.05) is 6.07 Å². The van der Waals surface area contributed by atoms with E-state index in [0.29, 0.717) is 13.0 Å². The first-order chi connectivity index (χ1) is 10.6. The summed E-state index contributed by atoms with van der Waals surface area (Å²) in [5.41, 5.74) is 0.862. The number of halogens is 3.